The maximum Gasteiger partial charge on any atom is 0.222 e. The van der Waals surface area contributed by atoms with E-state index in [-0.39, 0.29) is 0 Å². The molecule has 120 valence electrons. The highest BCUT2D eigenvalue weighted by atomic mass is 16.2. The van der Waals surface area contributed by atoms with E-state index in [0.717, 1.165) is 43.7 Å². The van der Waals surface area contributed by atoms with Gasteiger partial charge in [0.15, 0.2) is 0 Å². The molecule has 2 saturated carbocycles. The van der Waals surface area contributed by atoms with Crippen molar-refractivity contribution in [2.24, 2.45) is 17.8 Å². The highest BCUT2D eigenvalue weighted by Gasteiger charge is 2.33. The maximum atomic E-state index is 12.3. The van der Waals surface area contributed by atoms with Crippen molar-refractivity contribution in [3.8, 4) is 0 Å². The summed E-state index contributed by atoms with van der Waals surface area (Å²) in [5.74, 6) is 3.01. The van der Waals surface area contributed by atoms with Gasteiger partial charge >= 0.3 is 0 Å². The first-order chi connectivity index (χ1) is 10.2. The lowest BCUT2D eigenvalue weighted by Gasteiger charge is -2.39. The lowest BCUT2D eigenvalue weighted by Crippen LogP contribution is -2.52. The normalized spacial score (nSPS) is 30.2. The third kappa shape index (κ3) is 4.45. The van der Waals surface area contributed by atoms with Gasteiger partial charge in [-0.3, -0.25) is 4.79 Å². The van der Waals surface area contributed by atoms with Gasteiger partial charge in [0.1, 0.15) is 0 Å². The van der Waals surface area contributed by atoms with Crippen LogP contribution in [0.25, 0.3) is 0 Å². The second kappa shape index (κ2) is 7.13. The summed E-state index contributed by atoms with van der Waals surface area (Å²) in [4.78, 5) is 14.5. The fraction of sp³-hybridized carbons (Fsp3) is 0.944. The molecule has 1 aliphatic heterocycles. The first-order valence-electron chi connectivity index (χ1n) is 9.25. The molecule has 1 N–H and O–H groups in total. The number of rotatable bonds is 7. The number of likely N-dealkylation sites (tertiary alicyclic amines) is 1. The van der Waals surface area contributed by atoms with Crippen molar-refractivity contribution in [2.75, 3.05) is 19.6 Å². The van der Waals surface area contributed by atoms with Gasteiger partial charge in [-0.25, -0.2) is 0 Å². The topological polar surface area (TPSA) is 32.3 Å². The van der Waals surface area contributed by atoms with E-state index < -0.39 is 0 Å². The van der Waals surface area contributed by atoms with Crippen LogP contribution >= 0.6 is 0 Å². The van der Waals surface area contributed by atoms with Crippen LogP contribution < -0.4 is 5.32 Å². The van der Waals surface area contributed by atoms with E-state index in [1.54, 1.807) is 0 Å². The first-order valence-corrected chi connectivity index (χ1v) is 9.25. The molecule has 1 amide bonds. The third-order valence-electron chi connectivity index (χ3n) is 5.64. The second-order valence-electron chi connectivity index (χ2n) is 7.73. The summed E-state index contributed by atoms with van der Waals surface area (Å²) < 4.78 is 0. The molecule has 3 rings (SSSR count). The molecule has 0 spiro atoms. The molecule has 21 heavy (non-hydrogen) atoms. The van der Waals surface area contributed by atoms with Crippen LogP contribution in [-0.4, -0.2) is 36.5 Å². The number of carbonyl (C=O) groups is 1. The predicted octanol–water partition coefficient (Wildman–Crippen LogP) is 3.19. The van der Waals surface area contributed by atoms with Crippen LogP contribution in [0.2, 0.25) is 0 Å². The Morgan fingerprint density at radius 2 is 1.90 bits per heavy atom. The van der Waals surface area contributed by atoms with Crippen molar-refractivity contribution in [3.63, 3.8) is 0 Å². The quantitative estimate of drug-likeness (QED) is 0.781. The van der Waals surface area contributed by atoms with Crippen LogP contribution in [0.1, 0.15) is 64.7 Å². The van der Waals surface area contributed by atoms with Crippen molar-refractivity contribution in [2.45, 2.75) is 70.8 Å². The predicted molar refractivity (Wildman–Crippen MR) is 86.1 cm³/mol. The molecule has 3 aliphatic rings. The van der Waals surface area contributed by atoms with Gasteiger partial charge in [0.2, 0.25) is 5.91 Å². The van der Waals surface area contributed by atoms with Gasteiger partial charge in [0, 0.05) is 25.6 Å². The number of hydrogen-bond acceptors (Lipinski definition) is 2. The minimum atomic E-state index is 0.383. The Bertz CT molecular complexity index is 349. The Morgan fingerprint density at radius 1 is 1.10 bits per heavy atom. The van der Waals surface area contributed by atoms with Gasteiger partial charge in [-0.15, -0.1) is 0 Å². The molecule has 2 atom stereocenters. The Balaban J connectivity index is 1.51. The van der Waals surface area contributed by atoms with Gasteiger partial charge in [-0.2, -0.15) is 0 Å². The van der Waals surface area contributed by atoms with Crippen LogP contribution in [0.4, 0.5) is 0 Å². The van der Waals surface area contributed by atoms with Crippen molar-refractivity contribution in [1.82, 2.24) is 10.2 Å². The molecule has 1 saturated heterocycles. The van der Waals surface area contributed by atoms with Gasteiger partial charge in [0.25, 0.3) is 0 Å². The van der Waals surface area contributed by atoms with Gasteiger partial charge in [-0.1, -0.05) is 26.2 Å². The molecule has 0 aromatic carbocycles. The van der Waals surface area contributed by atoms with Crippen molar-refractivity contribution >= 4 is 5.91 Å². The van der Waals surface area contributed by atoms with Crippen molar-refractivity contribution < 1.29 is 4.79 Å². The van der Waals surface area contributed by atoms with E-state index in [0.29, 0.717) is 11.9 Å². The average molecular weight is 292 g/mol. The molecular weight excluding hydrogens is 260 g/mol. The van der Waals surface area contributed by atoms with E-state index in [9.17, 15) is 4.79 Å². The van der Waals surface area contributed by atoms with E-state index >= 15 is 0 Å². The highest BCUT2D eigenvalue weighted by molar-refractivity contribution is 5.76. The summed E-state index contributed by atoms with van der Waals surface area (Å²) in [5, 5.41) is 3.78. The Morgan fingerprint density at radius 3 is 2.52 bits per heavy atom. The fourth-order valence-electron chi connectivity index (χ4n) is 3.95. The summed E-state index contributed by atoms with van der Waals surface area (Å²) in [7, 11) is 0. The van der Waals surface area contributed by atoms with E-state index in [4.69, 9.17) is 0 Å². The van der Waals surface area contributed by atoms with Gasteiger partial charge < -0.3 is 10.2 Å². The zero-order chi connectivity index (χ0) is 14.7. The summed E-state index contributed by atoms with van der Waals surface area (Å²) in [6.45, 7) is 5.26. The summed E-state index contributed by atoms with van der Waals surface area (Å²) in [6, 6.07) is 0.545. The minimum absolute atomic E-state index is 0.383. The molecular formula is C18H32N2O. The first kappa shape index (κ1) is 15.3. The number of nitrogens with zero attached hydrogens (tertiary/aromatic N) is 1. The number of piperidine rings is 1. The lowest BCUT2D eigenvalue weighted by atomic mass is 9.84. The Labute approximate surface area is 129 Å². The van der Waals surface area contributed by atoms with E-state index in [1.807, 2.05) is 0 Å². The number of nitrogens with one attached hydrogen (secondary N) is 1. The number of carbonyl (C=O) groups excluding carboxylic acids is 1. The fourth-order valence-corrected chi connectivity index (χ4v) is 3.95. The van der Waals surface area contributed by atoms with Crippen LogP contribution in [0, 0.1) is 17.8 Å². The number of hydrogen-bond donors (Lipinski definition) is 1. The van der Waals surface area contributed by atoms with Crippen LogP contribution in [-0.2, 0) is 4.79 Å². The average Bonchev–Trinajstić information content (AvgIpc) is 3.21. The van der Waals surface area contributed by atoms with E-state index in [2.05, 4.69) is 17.1 Å². The molecule has 0 bridgehead atoms. The monoisotopic (exact) mass is 292 g/mol. The largest absolute Gasteiger partial charge is 0.341 e. The highest BCUT2D eigenvalue weighted by Crippen LogP contribution is 2.38. The van der Waals surface area contributed by atoms with Crippen molar-refractivity contribution in [1.29, 1.82) is 0 Å². The molecule has 0 radical (unpaired) electrons. The SMILES string of the molecule is CCCC(=O)N1CC(CC2CC2)CC(NCC2CCC2)C1. The summed E-state index contributed by atoms with van der Waals surface area (Å²) >= 11 is 0. The second-order valence-corrected chi connectivity index (χ2v) is 7.73. The Kier molecular flexibility index (Phi) is 5.20. The van der Waals surface area contributed by atoms with Gasteiger partial charge in [-0.05, 0) is 56.4 Å². The maximum absolute atomic E-state index is 12.3. The minimum Gasteiger partial charge on any atom is -0.341 e. The molecule has 2 aliphatic carbocycles. The molecule has 0 aromatic rings. The molecule has 3 nitrogen and oxygen atoms in total. The zero-order valence-corrected chi connectivity index (χ0v) is 13.7. The smallest absolute Gasteiger partial charge is 0.222 e. The molecule has 3 fully saturated rings. The molecule has 3 heteroatoms. The molecule has 0 aromatic heterocycles. The van der Waals surface area contributed by atoms with Crippen LogP contribution in [0.3, 0.4) is 0 Å². The lowest BCUT2D eigenvalue weighted by molar-refractivity contribution is -0.133. The summed E-state index contributed by atoms with van der Waals surface area (Å²) in [6.07, 6.45) is 11.4. The zero-order valence-electron chi connectivity index (χ0n) is 13.7. The van der Waals surface area contributed by atoms with Crippen molar-refractivity contribution in [3.05, 3.63) is 0 Å². The molecule has 2 unspecified atom stereocenters. The Hall–Kier alpha value is -0.570. The third-order valence-corrected chi connectivity index (χ3v) is 5.64. The number of amides is 1. The summed E-state index contributed by atoms with van der Waals surface area (Å²) in [5.41, 5.74) is 0. The molecule has 1 heterocycles. The standard InChI is InChI=1S/C18H32N2O/c1-2-4-18(21)20-12-16(9-14-7-8-14)10-17(13-20)19-11-15-5-3-6-15/h14-17,19H,2-13H2,1H3. The van der Waals surface area contributed by atoms with Crippen LogP contribution in [0.15, 0.2) is 0 Å². The van der Waals surface area contributed by atoms with Crippen LogP contribution in [0.5, 0.6) is 0 Å². The van der Waals surface area contributed by atoms with Gasteiger partial charge in [0.05, 0.1) is 0 Å². The van der Waals surface area contributed by atoms with E-state index in [1.165, 1.54) is 51.5 Å².